The van der Waals surface area contributed by atoms with Crippen LogP contribution in [0.1, 0.15) is 24.8 Å². The first-order chi connectivity index (χ1) is 12.7. The zero-order valence-corrected chi connectivity index (χ0v) is 16.1. The number of rotatable bonds is 5. The van der Waals surface area contributed by atoms with Crippen LogP contribution in [0.3, 0.4) is 0 Å². The Balaban J connectivity index is 1.41. The third-order valence-corrected chi connectivity index (χ3v) is 6.13. The van der Waals surface area contributed by atoms with Gasteiger partial charge in [-0.2, -0.15) is 0 Å². The highest BCUT2D eigenvalue weighted by Gasteiger charge is 2.22. The molecular weight excluding hydrogens is 371 g/mol. The van der Waals surface area contributed by atoms with Crippen LogP contribution in [-0.4, -0.2) is 43.6 Å². The van der Waals surface area contributed by atoms with E-state index in [0.717, 1.165) is 30.1 Å². The normalized spacial score (nSPS) is 17.3. The summed E-state index contributed by atoms with van der Waals surface area (Å²) >= 11 is 7.62. The quantitative estimate of drug-likeness (QED) is 0.802. The number of benzene rings is 1. The van der Waals surface area contributed by atoms with Crippen LogP contribution < -0.4 is 10.2 Å². The summed E-state index contributed by atoms with van der Waals surface area (Å²) in [4.78, 5) is 9.61. The zero-order valence-electron chi connectivity index (χ0n) is 14.5. The summed E-state index contributed by atoms with van der Waals surface area (Å²) < 4.78 is 13.3. The number of nitrogens with one attached hydrogen (secondary N) is 1. The predicted octanol–water partition coefficient (Wildman–Crippen LogP) is 4.66. The molecule has 138 valence electrons. The van der Waals surface area contributed by atoms with Crippen LogP contribution in [0.4, 0.5) is 15.1 Å². The van der Waals surface area contributed by atoms with Crippen molar-refractivity contribution in [2.45, 2.75) is 19.3 Å². The molecule has 2 aliphatic heterocycles. The highest BCUT2D eigenvalue weighted by atomic mass is 35.5. The second-order valence-corrected chi connectivity index (χ2v) is 8.01. The van der Waals surface area contributed by atoms with Crippen molar-refractivity contribution in [3.63, 3.8) is 0 Å². The molecule has 2 aromatic rings. The van der Waals surface area contributed by atoms with E-state index in [2.05, 4.69) is 26.6 Å². The third kappa shape index (κ3) is 3.87. The monoisotopic (exact) mass is 392 g/mol. The Labute approximate surface area is 162 Å². The molecule has 3 heterocycles. The lowest BCUT2D eigenvalue weighted by Crippen LogP contribution is -2.33. The molecule has 0 saturated carbocycles. The van der Waals surface area contributed by atoms with Crippen LogP contribution in [0.15, 0.2) is 34.6 Å². The topological polar surface area (TPSA) is 30.9 Å². The molecule has 1 N–H and O–H groups in total. The molecule has 1 fully saturated rings. The van der Waals surface area contributed by atoms with Crippen molar-refractivity contribution in [3.05, 3.63) is 46.0 Å². The number of thiophene rings is 1. The summed E-state index contributed by atoms with van der Waals surface area (Å²) in [5.41, 5.74) is 1.85. The molecule has 1 saturated heterocycles. The van der Waals surface area contributed by atoms with Crippen molar-refractivity contribution in [1.29, 1.82) is 0 Å². The van der Waals surface area contributed by atoms with Crippen LogP contribution in [0, 0.1) is 5.82 Å². The van der Waals surface area contributed by atoms with Crippen molar-refractivity contribution in [2.24, 2.45) is 4.99 Å². The maximum Gasteiger partial charge on any atom is 0.141 e. The van der Waals surface area contributed by atoms with E-state index in [1.165, 1.54) is 43.5 Å². The van der Waals surface area contributed by atoms with Crippen LogP contribution >= 0.6 is 22.9 Å². The Morgan fingerprint density at radius 1 is 1.19 bits per heavy atom. The van der Waals surface area contributed by atoms with E-state index in [1.54, 1.807) is 23.5 Å². The van der Waals surface area contributed by atoms with Gasteiger partial charge < -0.3 is 15.1 Å². The van der Waals surface area contributed by atoms with Crippen LogP contribution in [0.2, 0.25) is 5.02 Å². The molecule has 1 aromatic heterocycles. The van der Waals surface area contributed by atoms with Gasteiger partial charge in [-0.15, -0.1) is 11.3 Å². The molecule has 0 aliphatic carbocycles. The first-order valence-corrected chi connectivity index (χ1v) is 10.3. The number of hydrogen-bond acceptors (Lipinski definition) is 5. The number of nitrogens with zero attached hydrogens (tertiary/aromatic N) is 3. The predicted molar refractivity (Wildman–Crippen MR) is 108 cm³/mol. The summed E-state index contributed by atoms with van der Waals surface area (Å²) in [7, 11) is 0. The van der Waals surface area contributed by atoms with Gasteiger partial charge in [0.1, 0.15) is 23.3 Å². The molecule has 7 heteroatoms. The largest absolute Gasteiger partial charge is 0.343 e. The third-order valence-electron chi connectivity index (χ3n) is 4.87. The molecule has 2 aliphatic rings. The van der Waals surface area contributed by atoms with Gasteiger partial charge in [0.15, 0.2) is 0 Å². The molecule has 4 rings (SSSR count). The molecular formula is C19H22ClFN4S. The van der Waals surface area contributed by atoms with Crippen molar-refractivity contribution in [1.82, 2.24) is 4.90 Å². The van der Waals surface area contributed by atoms with Gasteiger partial charge in [0.2, 0.25) is 0 Å². The minimum absolute atomic E-state index is 0.112. The first-order valence-electron chi connectivity index (χ1n) is 9.02. The maximum absolute atomic E-state index is 13.3. The van der Waals surface area contributed by atoms with E-state index in [4.69, 9.17) is 16.6 Å². The van der Waals surface area contributed by atoms with Crippen molar-refractivity contribution < 1.29 is 4.39 Å². The number of halogens is 2. The average molecular weight is 393 g/mol. The SMILES string of the molecule is Fc1ccc(NC2=NCN(CCCN3CCCC3)c3sccc32)cc1Cl. The fourth-order valence-corrected chi connectivity index (χ4v) is 4.62. The van der Waals surface area contributed by atoms with Crippen molar-refractivity contribution in [2.75, 3.05) is 43.1 Å². The summed E-state index contributed by atoms with van der Waals surface area (Å²) in [5, 5.41) is 6.74. The van der Waals surface area contributed by atoms with E-state index < -0.39 is 5.82 Å². The Hall–Kier alpha value is -1.63. The molecule has 0 radical (unpaired) electrons. The lowest BCUT2D eigenvalue weighted by atomic mass is 10.2. The zero-order chi connectivity index (χ0) is 17.9. The van der Waals surface area contributed by atoms with E-state index in [0.29, 0.717) is 6.67 Å². The molecule has 0 spiro atoms. The van der Waals surface area contributed by atoms with Gasteiger partial charge >= 0.3 is 0 Å². The van der Waals surface area contributed by atoms with E-state index in [1.807, 2.05) is 0 Å². The standard InChI is InChI=1S/C19H22ClFN4S/c20-16-12-14(4-5-17(16)21)23-18-15-6-11-26-19(15)25(13-22-18)10-3-9-24-7-1-2-8-24/h4-6,11-12H,1-3,7-10,13H2,(H,22,23). The van der Waals surface area contributed by atoms with Crippen molar-refractivity contribution >= 4 is 39.5 Å². The molecule has 0 amide bonds. The first kappa shape index (κ1) is 17.8. The molecule has 0 unspecified atom stereocenters. The number of fused-ring (bicyclic) bond motifs is 1. The van der Waals surface area contributed by atoms with Crippen molar-refractivity contribution in [3.8, 4) is 0 Å². The van der Waals surface area contributed by atoms with E-state index in [-0.39, 0.29) is 5.02 Å². The Morgan fingerprint density at radius 3 is 2.85 bits per heavy atom. The number of amidine groups is 1. The lowest BCUT2D eigenvalue weighted by molar-refractivity contribution is 0.334. The fraction of sp³-hybridized carbons (Fsp3) is 0.421. The minimum Gasteiger partial charge on any atom is -0.343 e. The summed E-state index contributed by atoms with van der Waals surface area (Å²) in [6, 6.07) is 6.73. The highest BCUT2D eigenvalue weighted by Crippen LogP contribution is 2.32. The van der Waals surface area contributed by atoms with Gasteiger partial charge in [-0.05, 0) is 68.5 Å². The van der Waals surface area contributed by atoms with Crippen LogP contribution in [0.5, 0.6) is 0 Å². The number of anilines is 2. The lowest BCUT2D eigenvalue weighted by Gasteiger charge is -2.28. The summed E-state index contributed by atoms with van der Waals surface area (Å²) in [6.07, 6.45) is 3.83. The second-order valence-electron chi connectivity index (χ2n) is 6.71. The van der Waals surface area contributed by atoms with Gasteiger partial charge in [-0.1, -0.05) is 11.6 Å². The van der Waals surface area contributed by atoms with E-state index in [9.17, 15) is 4.39 Å². The summed E-state index contributed by atoms with van der Waals surface area (Å²) in [5.74, 6) is 0.405. The molecule has 26 heavy (non-hydrogen) atoms. The number of hydrogen-bond donors (Lipinski definition) is 1. The Bertz CT molecular complexity index is 801. The number of aliphatic imine (C=N–C) groups is 1. The second kappa shape index (κ2) is 7.94. The maximum atomic E-state index is 13.3. The van der Waals surface area contributed by atoms with Gasteiger partial charge in [0.05, 0.1) is 10.6 Å². The smallest absolute Gasteiger partial charge is 0.141 e. The van der Waals surface area contributed by atoms with Gasteiger partial charge in [0, 0.05) is 12.2 Å². The Kier molecular flexibility index (Phi) is 5.43. The molecule has 0 bridgehead atoms. The fourth-order valence-electron chi connectivity index (χ4n) is 3.51. The molecule has 4 nitrogen and oxygen atoms in total. The van der Waals surface area contributed by atoms with Crippen LogP contribution in [-0.2, 0) is 0 Å². The average Bonchev–Trinajstić information content (AvgIpc) is 3.31. The molecule has 1 aromatic carbocycles. The molecule has 0 atom stereocenters. The summed E-state index contributed by atoms with van der Waals surface area (Å²) in [6.45, 7) is 5.32. The van der Waals surface area contributed by atoms with Gasteiger partial charge in [0.25, 0.3) is 0 Å². The highest BCUT2D eigenvalue weighted by molar-refractivity contribution is 7.14. The van der Waals surface area contributed by atoms with Gasteiger partial charge in [-0.3, -0.25) is 0 Å². The Morgan fingerprint density at radius 2 is 2.04 bits per heavy atom. The van der Waals surface area contributed by atoms with E-state index >= 15 is 0 Å². The minimum atomic E-state index is -0.414. The van der Waals surface area contributed by atoms with Crippen LogP contribution in [0.25, 0.3) is 0 Å². The van der Waals surface area contributed by atoms with Gasteiger partial charge in [-0.25, -0.2) is 9.38 Å². The number of likely N-dealkylation sites (tertiary alicyclic amines) is 1.